The molecule has 2 aromatic carbocycles. The van der Waals surface area contributed by atoms with E-state index in [-0.39, 0.29) is 11.5 Å². The molecule has 11 nitrogen and oxygen atoms in total. The van der Waals surface area contributed by atoms with Gasteiger partial charge in [0.1, 0.15) is 11.3 Å². The van der Waals surface area contributed by atoms with Crippen LogP contribution in [0.25, 0.3) is 5.69 Å². The van der Waals surface area contributed by atoms with Gasteiger partial charge >= 0.3 is 6.03 Å². The summed E-state index contributed by atoms with van der Waals surface area (Å²) >= 11 is 1.03. The molecule has 1 saturated heterocycles. The molecule has 32 heavy (non-hydrogen) atoms. The lowest BCUT2D eigenvalue weighted by atomic mass is 9.87. The van der Waals surface area contributed by atoms with E-state index in [1.54, 1.807) is 43.3 Å². The molecule has 4 rings (SSSR count). The normalized spacial score (nSPS) is 18.0. The maximum atomic E-state index is 13.1. The molecule has 0 aliphatic carbocycles. The summed E-state index contributed by atoms with van der Waals surface area (Å²) in [5.74, 6) is -1.16. The van der Waals surface area contributed by atoms with Gasteiger partial charge in [-0.05, 0) is 46.7 Å². The van der Waals surface area contributed by atoms with Crippen LogP contribution in [0, 0.1) is 0 Å². The van der Waals surface area contributed by atoms with E-state index in [2.05, 4.69) is 26.3 Å². The Morgan fingerprint density at radius 1 is 1.16 bits per heavy atom. The second-order valence-corrected chi connectivity index (χ2v) is 7.85. The Hall–Kier alpha value is -3.93. The zero-order valence-electron chi connectivity index (χ0n) is 16.9. The molecule has 1 atom stereocenters. The highest BCUT2D eigenvalue weighted by atomic mass is 32.2. The minimum absolute atomic E-state index is 0.0996. The summed E-state index contributed by atoms with van der Waals surface area (Å²) in [6.45, 7) is 1.79. The Morgan fingerprint density at radius 3 is 2.56 bits per heavy atom. The fourth-order valence-electron chi connectivity index (χ4n) is 3.35. The molecule has 1 aliphatic heterocycles. The number of nitrogens with zero attached hydrogens (tertiary/aromatic N) is 5. The molecule has 164 valence electrons. The van der Waals surface area contributed by atoms with Crippen LogP contribution in [-0.4, -0.2) is 53.9 Å². The molecule has 0 spiro atoms. The second kappa shape index (κ2) is 8.67. The number of hydrogen-bond acceptors (Lipinski definition) is 8. The number of urea groups is 1. The van der Waals surface area contributed by atoms with Crippen LogP contribution in [0.4, 0.5) is 4.79 Å². The first-order chi connectivity index (χ1) is 15.4. The number of tetrazole rings is 1. The van der Waals surface area contributed by atoms with Gasteiger partial charge in [-0.15, -0.1) is 5.10 Å². The summed E-state index contributed by atoms with van der Waals surface area (Å²) in [4.78, 5) is 38.0. The summed E-state index contributed by atoms with van der Waals surface area (Å²) in [5.41, 5.74) is 2.37. The topological polar surface area (TPSA) is 142 Å². The van der Waals surface area contributed by atoms with Crippen molar-refractivity contribution in [3.05, 3.63) is 60.2 Å². The van der Waals surface area contributed by atoms with Gasteiger partial charge in [0.25, 0.3) is 5.91 Å². The van der Waals surface area contributed by atoms with E-state index in [0.29, 0.717) is 27.8 Å². The summed E-state index contributed by atoms with van der Waals surface area (Å²) in [6, 6.07) is 14.4. The number of imide groups is 1. The molecule has 0 saturated carbocycles. The number of benzene rings is 2. The van der Waals surface area contributed by atoms with Gasteiger partial charge in [0.2, 0.25) is 11.1 Å². The molecule has 1 unspecified atom stereocenters. The summed E-state index contributed by atoms with van der Waals surface area (Å²) in [6.07, 6.45) is 0.324. The first kappa shape index (κ1) is 21.3. The van der Waals surface area contributed by atoms with Crippen molar-refractivity contribution in [2.45, 2.75) is 24.0 Å². The van der Waals surface area contributed by atoms with E-state index < -0.39 is 23.4 Å². The van der Waals surface area contributed by atoms with Crippen molar-refractivity contribution in [3.8, 4) is 11.4 Å². The zero-order valence-corrected chi connectivity index (χ0v) is 17.7. The van der Waals surface area contributed by atoms with Crippen molar-refractivity contribution in [2.24, 2.45) is 0 Å². The fraction of sp³-hybridized carbons (Fsp3) is 0.200. The number of carbonyl (C=O) groups is 3. The number of phenolic OH excluding ortho intramolecular Hbond substituents is 1. The van der Waals surface area contributed by atoms with Crippen LogP contribution < -0.4 is 10.7 Å². The number of hydrazine groups is 1. The van der Waals surface area contributed by atoms with Crippen molar-refractivity contribution in [3.63, 3.8) is 0 Å². The minimum atomic E-state index is -1.23. The van der Waals surface area contributed by atoms with Gasteiger partial charge in [-0.1, -0.05) is 49.0 Å². The highest BCUT2D eigenvalue weighted by Gasteiger charge is 2.52. The third kappa shape index (κ3) is 3.87. The number of thioether (sulfide) groups is 1. The number of rotatable bonds is 7. The van der Waals surface area contributed by atoms with Gasteiger partial charge in [0.05, 0.1) is 11.4 Å². The van der Waals surface area contributed by atoms with Gasteiger partial charge < -0.3 is 10.4 Å². The number of aromatic nitrogens is 4. The van der Waals surface area contributed by atoms with Crippen LogP contribution >= 0.6 is 11.8 Å². The molecule has 1 fully saturated rings. The molecule has 4 amide bonds. The number of carbonyl (C=O) groups excluding carboxylic acids is 3. The molecule has 1 aliphatic rings. The van der Waals surface area contributed by atoms with E-state index in [0.717, 1.165) is 11.8 Å². The van der Waals surface area contributed by atoms with Gasteiger partial charge in [-0.2, -0.15) is 9.69 Å². The molecule has 3 N–H and O–H groups in total. The SMILES string of the molecule is CCC1(c2ccccc2)NC(=O)N(NC(=O)CSc2nnnn2-c2ccc(O)cc2)C1=O. The Kier molecular flexibility index (Phi) is 5.77. The lowest BCUT2D eigenvalue weighted by Gasteiger charge is -2.25. The maximum absolute atomic E-state index is 13.1. The molecular weight excluding hydrogens is 434 g/mol. The molecule has 2 heterocycles. The number of aromatic hydroxyl groups is 1. The van der Waals surface area contributed by atoms with Crippen molar-refractivity contribution in [1.82, 2.24) is 36.0 Å². The molecule has 12 heteroatoms. The van der Waals surface area contributed by atoms with E-state index in [9.17, 15) is 19.5 Å². The first-order valence-corrected chi connectivity index (χ1v) is 10.7. The summed E-state index contributed by atoms with van der Waals surface area (Å²) < 4.78 is 1.41. The molecular formula is C20H19N7O4S. The highest BCUT2D eigenvalue weighted by molar-refractivity contribution is 7.99. The van der Waals surface area contributed by atoms with E-state index in [4.69, 9.17) is 0 Å². The van der Waals surface area contributed by atoms with Crippen LogP contribution in [0.5, 0.6) is 5.75 Å². The van der Waals surface area contributed by atoms with Crippen LogP contribution in [0.2, 0.25) is 0 Å². The molecule has 3 aromatic rings. The number of phenols is 1. The fourth-order valence-corrected chi connectivity index (χ4v) is 4.03. The van der Waals surface area contributed by atoms with Gasteiger partial charge in [0.15, 0.2) is 0 Å². The maximum Gasteiger partial charge on any atom is 0.344 e. The minimum Gasteiger partial charge on any atom is -0.508 e. The Labute approximate surface area is 186 Å². The number of nitrogens with one attached hydrogen (secondary N) is 2. The predicted octanol–water partition coefficient (Wildman–Crippen LogP) is 1.35. The van der Waals surface area contributed by atoms with Crippen LogP contribution in [0.1, 0.15) is 18.9 Å². The largest absolute Gasteiger partial charge is 0.508 e. The van der Waals surface area contributed by atoms with Gasteiger partial charge in [0, 0.05) is 0 Å². The molecule has 0 radical (unpaired) electrons. The van der Waals surface area contributed by atoms with E-state index >= 15 is 0 Å². The van der Waals surface area contributed by atoms with Crippen LogP contribution in [0.3, 0.4) is 0 Å². The predicted molar refractivity (Wildman–Crippen MR) is 113 cm³/mol. The van der Waals surface area contributed by atoms with Crippen LogP contribution in [0.15, 0.2) is 59.8 Å². The van der Waals surface area contributed by atoms with Crippen LogP contribution in [-0.2, 0) is 15.1 Å². The third-order valence-electron chi connectivity index (χ3n) is 4.99. The summed E-state index contributed by atoms with van der Waals surface area (Å²) in [5, 5.41) is 24.5. The first-order valence-electron chi connectivity index (χ1n) is 9.67. The average molecular weight is 453 g/mol. The van der Waals surface area contributed by atoms with Crippen molar-refractivity contribution < 1.29 is 19.5 Å². The van der Waals surface area contributed by atoms with E-state index in [1.165, 1.54) is 16.8 Å². The van der Waals surface area contributed by atoms with Crippen molar-refractivity contribution >= 4 is 29.6 Å². The smallest absolute Gasteiger partial charge is 0.344 e. The lowest BCUT2D eigenvalue weighted by molar-refractivity contribution is -0.138. The zero-order chi connectivity index (χ0) is 22.7. The standard InChI is InChI=1S/C20H19N7O4S/c1-2-20(13-6-4-3-5-7-13)17(30)27(18(31)21-20)23-16(29)12-32-19-22-24-25-26(19)14-8-10-15(28)11-9-14/h3-11,28H,2,12H2,1H3,(H,21,31)(H,23,29). The molecule has 0 bridgehead atoms. The number of hydrogen-bond donors (Lipinski definition) is 3. The Morgan fingerprint density at radius 2 is 1.88 bits per heavy atom. The average Bonchev–Trinajstić information content (AvgIpc) is 3.37. The highest BCUT2D eigenvalue weighted by Crippen LogP contribution is 2.31. The Bertz CT molecular complexity index is 1150. The summed E-state index contributed by atoms with van der Waals surface area (Å²) in [7, 11) is 0. The number of amides is 4. The quantitative estimate of drug-likeness (QED) is 0.359. The van der Waals surface area contributed by atoms with Gasteiger partial charge in [-0.25, -0.2) is 4.79 Å². The lowest BCUT2D eigenvalue weighted by Crippen LogP contribution is -2.49. The van der Waals surface area contributed by atoms with Crippen molar-refractivity contribution in [1.29, 1.82) is 0 Å². The molecule has 1 aromatic heterocycles. The second-order valence-electron chi connectivity index (χ2n) is 6.91. The van der Waals surface area contributed by atoms with E-state index in [1.807, 2.05) is 6.07 Å². The third-order valence-corrected chi connectivity index (χ3v) is 5.91. The van der Waals surface area contributed by atoms with Gasteiger partial charge in [-0.3, -0.25) is 15.0 Å². The Balaban J connectivity index is 1.43. The monoisotopic (exact) mass is 453 g/mol. The van der Waals surface area contributed by atoms with Crippen molar-refractivity contribution in [2.75, 3.05) is 5.75 Å².